The van der Waals surface area contributed by atoms with Gasteiger partial charge in [0.2, 0.25) is 0 Å². The molecule has 0 aliphatic carbocycles. The minimum atomic E-state index is -0.202. The maximum absolute atomic E-state index is 13.8. The Morgan fingerprint density at radius 1 is 0.971 bits per heavy atom. The van der Waals surface area contributed by atoms with Gasteiger partial charge in [0.1, 0.15) is 19.9 Å². The zero-order valence-corrected chi connectivity index (χ0v) is 21.9. The number of likely N-dealkylation sites (N-methyl/N-ethyl adjacent to an activating group) is 1. The predicted octanol–water partition coefficient (Wildman–Crippen LogP) is 3.56. The molecule has 0 atom stereocenters. The fourth-order valence-corrected chi connectivity index (χ4v) is 7.29. The predicted molar refractivity (Wildman–Crippen MR) is 149 cm³/mol. The molecule has 178 valence electrons. The molecule has 0 radical (unpaired) electrons. The lowest BCUT2D eigenvalue weighted by atomic mass is 10.3. The van der Waals surface area contributed by atoms with E-state index in [2.05, 4.69) is 30.5 Å². The molecule has 2 aliphatic rings. The molecular formula is C26H24N4O2S3. The van der Waals surface area contributed by atoms with Crippen molar-refractivity contribution in [3.63, 3.8) is 0 Å². The number of hydrogen-bond donors (Lipinski definition) is 0. The molecule has 1 aromatic heterocycles. The van der Waals surface area contributed by atoms with Gasteiger partial charge in [0.15, 0.2) is 5.11 Å². The highest BCUT2D eigenvalue weighted by atomic mass is 32.2. The number of carbonyl (C=O) groups excluding carboxylic acids is 1. The normalized spacial score (nSPS) is 18.5. The quantitative estimate of drug-likeness (QED) is 0.379. The Labute approximate surface area is 217 Å². The van der Waals surface area contributed by atoms with Crippen molar-refractivity contribution < 1.29 is 4.79 Å². The van der Waals surface area contributed by atoms with Crippen molar-refractivity contribution in [3.8, 4) is 0 Å². The van der Waals surface area contributed by atoms with Crippen molar-refractivity contribution in [1.29, 1.82) is 0 Å². The van der Waals surface area contributed by atoms with E-state index in [1.807, 2.05) is 49.4 Å². The Hall–Kier alpha value is -3.14. The SMILES string of the molecule is C=CCn1c(=O)/c(=C2/Sc3ccccc3N2CC)s/c1=C1/C(=O)N(CC)C(=S)N1c1ccccc1. The van der Waals surface area contributed by atoms with Gasteiger partial charge in [-0.25, -0.2) is 0 Å². The molecule has 1 fully saturated rings. The number of nitrogens with zero attached hydrogens (tertiary/aromatic N) is 4. The molecule has 1 amide bonds. The van der Waals surface area contributed by atoms with Crippen molar-refractivity contribution in [2.75, 3.05) is 22.9 Å². The number of amides is 1. The van der Waals surface area contributed by atoms with Gasteiger partial charge in [0, 0.05) is 30.2 Å². The standard InChI is InChI=1S/C26H24N4O2S3/c1-4-16-29-23(32)21(25-27(5-2)18-14-10-11-15-19(18)34-25)35-24(29)20-22(31)28(6-3)26(33)30(20)17-12-8-7-9-13-17/h4,7-15H,1,5-6,16H2,2-3H3/b24-20-,25-21-. The highest BCUT2D eigenvalue weighted by Gasteiger charge is 2.40. The highest BCUT2D eigenvalue weighted by Crippen LogP contribution is 2.45. The summed E-state index contributed by atoms with van der Waals surface area (Å²) in [5, 5.41) is 1.30. The molecular weight excluding hydrogens is 497 g/mol. The number of thiocarbonyl (C=S) groups is 1. The fraction of sp³-hybridized carbons (Fsp3) is 0.192. The van der Waals surface area contributed by atoms with Gasteiger partial charge >= 0.3 is 0 Å². The van der Waals surface area contributed by atoms with Gasteiger partial charge in [-0.2, -0.15) is 0 Å². The van der Waals surface area contributed by atoms with Gasteiger partial charge in [-0.3, -0.25) is 24.0 Å². The highest BCUT2D eigenvalue weighted by molar-refractivity contribution is 8.08. The number of para-hydroxylation sites is 2. The fourth-order valence-electron chi connectivity index (χ4n) is 4.34. The summed E-state index contributed by atoms with van der Waals surface area (Å²) in [5.41, 5.74) is 2.15. The Kier molecular flexibility index (Phi) is 6.39. The van der Waals surface area contributed by atoms with E-state index in [1.54, 1.807) is 32.2 Å². The largest absolute Gasteiger partial charge is 0.334 e. The first kappa shape index (κ1) is 23.6. The van der Waals surface area contributed by atoms with E-state index in [9.17, 15) is 9.59 Å². The van der Waals surface area contributed by atoms with E-state index in [0.29, 0.717) is 33.1 Å². The number of carbonyl (C=O) groups is 1. The van der Waals surface area contributed by atoms with E-state index < -0.39 is 0 Å². The summed E-state index contributed by atoms with van der Waals surface area (Å²) < 4.78 is 2.83. The van der Waals surface area contributed by atoms with Crippen LogP contribution in [0, 0.1) is 0 Å². The first-order valence-electron chi connectivity index (χ1n) is 11.4. The summed E-state index contributed by atoms with van der Waals surface area (Å²) in [6, 6.07) is 17.7. The Balaban J connectivity index is 1.85. The van der Waals surface area contributed by atoms with Crippen LogP contribution in [0.5, 0.6) is 0 Å². The number of benzene rings is 2. The first-order chi connectivity index (χ1) is 17.0. The molecule has 1 saturated heterocycles. The maximum atomic E-state index is 13.8. The lowest BCUT2D eigenvalue weighted by molar-refractivity contribution is -0.120. The lowest BCUT2D eigenvalue weighted by Crippen LogP contribution is -2.36. The molecule has 6 nitrogen and oxygen atoms in total. The molecule has 0 unspecified atom stereocenters. The van der Waals surface area contributed by atoms with Gasteiger partial charge in [-0.1, -0.05) is 48.2 Å². The number of thioether (sulfide) groups is 1. The van der Waals surface area contributed by atoms with Gasteiger partial charge < -0.3 is 4.90 Å². The van der Waals surface area contributed by atoms with Crippen molar-refractivity contribution in [2.24, 2.45) is 0 Å². The molecule has 9 heteroatoms. The Morgan fingerprint density at radius 2 is 1.66 bits per heavy atom. The van der Waals surface area contributed by atoms with Crippen LogP contribution in [0.2, 0.25) is 0 Å². The van der Waals surface area contributed by atoms with E-state index >= 15 is 0 Å². The van der Waals surface area contributed by atoms with Crippen molar-refractivity contribution in [3.05, 3.63) is 86.8 Å². The second-order valence-electron chi connectivity index (χ2n) is 7.91. The summed E-state index contributed by atoms with van der Waals surface area (Å²) in [4.78, 5) is 34.1. The molecule has 0 spiro atoms. The van der Waals surface area contributed by atoms with Crippen LogP contribution in [-0.4, -0.2) is 33.6 Å². The average Bonchev–Trinajstić information content (AvgIpc) is 3.48. The third kappa shape index (κ3) is 3.74. The molecule has 0 saturated carbocycles. The van der Waals surface area contributed by atoms with E-state index in [0.717, 1.165) is 27.8 Å². The summed E-state index contributed by atoms with van der Waals surface area (Å²) in [7, 11) is 0. The van der Waals surface area contributed by atoms with Crippen molar-refractivity contribution in [2.45, 2.75) is 25.3 Å². The Bertz CT molecular complexity index is 1520. The van der Waals surface area contributed by atoms with Crippen LogP contribution in [0.1, 0.15) is 13.8 Å². The number of thiazole rings is 1. The maximum Gasteiger partial charge on any atom is 0.280 e. The molecule has 5 rings (SSSR count). The van der Waals surface area contributed by atoms with Crippen LogP contribution in [-0.2, 0) is 11.3 Å². The van der Waals surface area contributed by atoms with Gasteiger partial charge in [-0.15, -0.1) is 17.9 Å². The second-order valence-corrected chi connectivity index (χ2v) is 10.3. The number of fused-ring (bicyclic) bond motifs is 1. The monoisotopic (exact) mass is 520 g/mol. The third-order valence-electron chi connectivity index (χ3n) is 5.94. The average molecular weight is 521 g/mol. The van der Waals surface area contributed by atoms with Gasteiger partial charge in [0.25, 0.3) is 11.5 Å². The summed E-state index contributed by atoms with van der Waals surface area (Å²) in [6.45, 7) is 9.29. The topological polar surface area (TPSA) is 48.8 Å². The molecule has 3 heterocycles. The summed E-state index contributed by atoms with van der Waals surface area (Å²) in [6.07, 6.45) is 1.68. The number of anilines is 2. The van der Waals surface area contributed by atoms with E-state index in [-0.39, 0.29) is 11.5 Å². The van der Waals surface area contributed by atoms with Crippen LogP contribution < -0.4 is 24.6 Å². The molecule has 0 bridgehead atoms. The third-order valence-corrected chi connectivity index (χ3v) is 8.83. The zero-order chi connectivity index (χ0) is 24.7. The van der Waals surface area contributed by atoms with Gasteiger partial charge in [0.05, 0.1) is 5.69 Å². The molecule has 2 aliphatic heterocycles. The minimum Gasteiger partial charge on any atom is -0.334 e. The first-order valence-corrected chi connectivity index (χ1v) is 13.4. The number of aromatic nitrogens is 1. The number of hydrogen-bond acceptors (Lipinski definition) is 6. The summed E-state index contributed by atoms with van der Waals surface area (Å²) >= 11 is 8.66. The van der Waals surface area contributed by atoms with Crippen molar-refractivity contribution in [1.82, 2.24) is 9.47 Å². The van der Waals surface area contributed by atoms with Crippen molar-refractivity contribution >= 4 is 68.4 Å². The van der Waals surface area contributed by atoms with Crippen LogP contribution in [0.4, 0.5) is 11.4 Å². The van der Waals surface area contributed by atoms with E-state index in [4.69, 9.17) is 12.2 Å². The lowest BCUT2D eigenvalue weighted by Gasteiger charge is -2.19. The number of rotatable bonds is 5. The molecule has 3 aromatic rings. The molecule has 0 N–H and O–H groups in total. The molecule has 2 aromatic carbocycles. The van der Waals surface area contributed by atoms with Crippen LogP contribution in [0.15, 0.2) is 76.9 Å². The molecule has 35 heavy (non-hydrogen) atoms. The number of allylic oxidation sites excluding steroid dienone is 1. The van der Waals surface area contributed by atoms with E-state index in [1.165, 1.54) is 11.3 Å². The zero-order valence-electron chi connectivity index (χ0n) is 19.4. The smallest absolute Gasteiger partial charge is 0.280 e. The van der Waals surface area contributed by atoms with Crippen LogP contribution in [0.3, 0.4) is 0 Å². The summed E-state index contributed by atoms with van der Waals surface area (Å²) in [5.74, 6) is -0.202. The van der Waals surface area contributed by atoms with Gasteiger partial charge in [-0.05, 0) is 50.3 Å². The Morgan fingerprint density at radius 3 is 2.34 bits per heavy atom. The second kappa shape index (κ2) is 9.49. The minimum absolute atomic E-state index is 0.132. The van der Waals surface area contributed by atoms with Crippen LogP contribution in [0.25, 0.3) is 10.7 Å². The van der Waals surface area contributed by atoms with Crippen LogP contribution >= 0.6 is 35.3 Å².